The van der Waals surface area contributed by atoms with Gasteiger partial charge >= 0.3 is 0 Å². The normalized spacial score (nSPS) is 12.8. The molecule has 0 bridgehead atoms. The Morgan fingerprint density at radius 2 is 1.86 bits per heavy atom. The number of sulfonamides is 1. The molecule has 21 heavy (non-hydrogen) atoms. The molecule has 0 radical (unpaired) electrons. The zero-order valence-electron chi connectivity index (χ0n) is 11.7. The summed E-state index contributed by atoms with van der Waals surface area (Å²) >= 11 is 3.21. The van der Waals surface area contributed by atoms with E-state index in [-0.39, 0.29) is 18.0 Å². The van der Waals surface area contributed by atoms with Gasteiger partial charge in [0.25, 0.3) is 0 Å². The van der Waals surface area contributed by atoms with Crippen molar-refractivity contribution in [1.29, 1.82) is 0 Å². The summed E-state index contributed by atoms with van der Waals surface area (Å²) in [5.74, 6) is -0.959. The van der Waals surface area contributed by atoms with Crippen LogP contribution in [0.2, 0.25) is 0 Å². The quantitative estimate of drug-likeness (QED) is 0.517. The molecule has 1 rings (SSSR count). The van der Waals surface area contributed by atoms with Crippen molar-refractivity contribution < 1.29 is 21.2 Å². The van der Waals surface area contributed by atoms with E-state index in [0.29, 0.717) is 11.8 Å². The van der Waals surface area contributed by atoms with E-state index in [1.807, 2.05) is 0 Å². The summed E-state index contributed by atoms with van der Waals surface area (Å²) in [6, 6.07) is 2.79. The molecule has 1 aromatic rings. The summed E-state index contributed by atoms with van der Waals surface area (Å²) in [5.41, 5.74) is 0. The van der Waals surface area contributed by atoms with Crippen LogP contribution in [0.25, 0.3) is 0 Å². The Balaban J connectivity index is 3.36. The molecular formula is C12H17BrFNO4S2. The first-order valence-corrected chi connectivity index (χ1v) is 10.7. The van der Waals surface area contributed by atoms with Crippen molar-refractivity contribution in [3.63, 3.8) is 0 Å². The van der Waals surface area contributed by atoms with Crippen LogP contribution in [0.15, 0.2) is 28.0 Å². The summed E-state index contributed by atoms with van der Waals surface area (Å²) in [6.45, 7) is 2.05. The second kappa shape index (κ2) is 7.17. The van der Waals surface area contributed by atoms with Crippen LogP contribution in [0, 0.1) is 5.82 Å². The van der Waals surface area contributed by atoms with Crippen LogP contribution in [-0.2, 0) is 19.9 Å². The van der Waals surface area contributed by atoms with E-state index in [0.717, 1.165) is 28.8 Å². The summed E-state index contributed by atoms with van der Waals surface area (Å²) in [4.78, 5) is -0.833. The molecule has 0 amide bonds. The minimum absolute atomic E-state index is 0.178. The topological polar surface area (TPSA) is 71.5 Å². The van der Waals surface area contributed by atoms with Crippen molar-refractivity contribution in [1.82, 2.24) is 4.31 Å². The highest BCUT2D eigenvalue weighted by Gasteiger charge is 2.27. The summed E-state index contributed by atoms with van der Waals surface area (Å²) in [5, 5.41) is 0.616. The molecule has 0 spiro atoms. The molecule has 0 aliphatic rings. The molecule has 0 aliphatic heterocycles. The molecule has 0 aliphatic carbocycles. The number of halogens is 2. The fraction of sp³-hybridized carbons (Fsp3) is 0.500. The molecule has 0 fully saturated rings. The number of sulfone groups is 1. The predicted molar refractivity (Wildman–Crippen MR) is 82.4 cm³/mol. The minimum Gasteiger partial charge on any atom is -0.224 e. The Morgan fingerprint density at radius 1 is 1.24 bits per heavy atom. The lowest BCUT2D eigenvalue weighted by Crippen LogP contribution is -2.32. The smallest absolute Gasteiger partial charge is 0.224 e. The minimum atomic E-state index is -4.06. The molecule has 0 aromatic heterocycles. The molecule has 0 unspecified atom stereocenters. The molecule has 0 saturated carbocycles. The zero-order chi connectivity index (χ0) is 16.3. The van der Waals surface area contributed by atoms with Crippen molar-refractivity contribution in [3.05, 3.63) is 24.0 Å². The van der Waals surface area contributed by atoms with Crippen LogP contribution in [-0.4, -0.2) is 45.8 Å². The predicted octanol–water partition coefficient (Wildman–Crippen LogP) is 2.02. The Labute approximate surface area is 133 Å². The average molecular weight is 402 g/mol. The van der Waals surface area contributed by atoms with Crippen LogP contribution in [0.3, 0.4) is 0 Å². The van der Waals surface area contributed by atoms with Gasteiger partial charge in [0.1, 0.15) is 10.7 Å². The highest BCUT2D eigenvalue weighted by molar-refractivity contribution is 9.09. The van der Waals surface area contributed by atoms with Gasteiger partial charge in [0.05, 0.1) is 4.90 Å². The maximum absolute atomic E-state index is 13.9. The Bertz CT molecular complexity index is 704. The zero-order valence-corrected chi connectivity index (χ0v) is 14.9. The second-order valence-electron chi connectivity index (χ2n) is 4.40. The van der Waals surface area contributed by atoms with Gasteiger partial charge in [-0.15, -0.1) is 0 Å². The van der Waals surface area contributed by atoms with Gasteiger partial charge in [-0.05, 0) is 24.6 Å². The Hall–Kier alpha value is -0.510. The van der Waals surface area contributed by atoms with Crippen LogP contribution in [0.1, 0.15) is 13.3 Å². The van der Waals surface area contributed by atoms with Gasteiger partial charge in [-0.3, -0.25) is 0 Å². The van der Waals surface area contributed by atoms with E-state index in [1.165, 1.54) is 0 Å². The van der Waals surface area contributed by atoms with Crippen molar-refractivity contribution in [3.8, 4) is 0 Å². The van der Waals surface area contributed by atoms with Gasteiger partial charge < -0.3 is 0 Å². The third-order valence-electron chi connectivity index (χ3n) is 2.84. The van der Waals surface area contributed by atoms with E-state index >= 15 is 0 Å². The van der Waals surface area contributed by atoms with E-state index in [1.54, 1.807) is 6.92 Å². The van der Waals surface area contributed by atoms with E-state index < -0.39 is 30.6 Å². The molecule has 120 valence electrons. The lowest BCUT2D eigenvalue weighted by molar-refractivity contribution is 0.424. The first-order chi connectivity index (χ1) is 9.64. The Kier molecular flexibility index (Phi) is 6.33. The van der Waals surface area contributed by atoms with Gasteiger partial charge in [0.2, 0.25) is 10.0 Å². The van der Waals surface area contributed by atoms with Gasteiger partial charge in [0.15, 0.2) is 9.84 Å². The monoisotopic (exact) mass is 401 g/mol. The molecule has 0 heterocycles. The molecule has 5 nitrogen and oxygen atoms in total. The lowest BCUT2D eigenvalue weighted by atomic mass is 10.3. The van der Waals surface area contributed by atoms with Gasteiger partial charge in [-0.1, -0.05) is 22.9 Å². The van der Waals surface area contributed by atoms with E-state index in [9.17, 15) is 21.2 Å². The number of hydrogen-bond acceptors (Lipinski definition) is 4. The van der Waals surface area contributed by atoms with Crippen molar-refractivity contribution in [2.24, 2.45) is 0 Å². The van der Waals surface area contributed by atoms with Crippen LogP contribution < -0.4 is 0 Å². The van der Waals surface area contributed by atoms with Crippen molar-refractivity contribution in [2.75, 3.05) is 24.7 Å². The fourth-order valence-corrected chi connectivity index (χ4v) is 4.29. The molecular weight excluding hydrogens is 385 g/mol. The fourth-order valence-electron chi connectivity index (χ4n) is 1.74. The van der Waals surface area contributed by atoms with Crippen molar-refractivity contribution in [2.45, 2.75) is 23.1 Å². The first kappa shape index (κ1) is 18.5. The summed E-state index contributed by atoms with van der Waals surface area (Å²) < 4.78 is 62.9. The lowest BCUT2D eigenvalue weighted by Gasteiger charge is -2.20. The molecule has 0 atom stereocenters. The Morgan fingerprint density at radius 3 is 2.33 bits per heavy atom. The highest BCUT2D eigenvalue weighted by atomic mass is 79.9. The number of nitrogens with zero attached hydrogens (tertiary/aromatic N) is 1. The third kappa shape index (κ3) is 4.48. The largest absolute Gasteiger partial charge is 0.246 e. The maximum Gasteiger partial charge on any atom is 0.246 e. The maximum atomic E-state index is 13.9. The van der Waals surface area contributed by atoms with Crippen LogP contribution in [0.5, 0.6) is 0 Å². The standard InChI is InChI=1S/C12H17BrFNO4S2/c1-3-15(8-4-7-13)21(18,19)12-9-10(20(2,16)17)5-6-11(12)14/h5-6,9H,3-4,7-8H2,1-2H3. The number of rotatable bonds is 7. The molecule has 0 N–H and O–H groups in total. The molecule has 9 heteroatoms. The van der Waals surface area contributed by atoms with Crippen LogP contribution in [0.4, 0.5) is 4.39 Å². The summed E-state index contributed by atoms with van der Waals surface area (Å²) in [7, 11) is -7.67. The number of benzene rings is 1. The average Bonchev–Trinajstić information content (AvgIpc) is 2.38. The molecule has 0 saturated heterocycles. The number of alkyl halides is 1. The third-order valence-corrected chi connectivity index (χ3v) is 6.50. The summed E-state index contributed by atoms with van der Waals surface area (Å²) in [6.07, 6.45) is 1.51. The second-order valence-corrected chi connectivity index (χ2v) is 9.12. The molecule has 1 aromatic carbocycles. The SMILES string of the molecule is CCN(CCCBr)S(=O)(=O)c1cc(S(C)(=O)=O)ccc1F. The van der Waals surface area contributed by atoms with Gasteiger partial charge in [-0.25, -0.2) is 21.2 Å². The van der Waals surface area contributed by atoms with E-state index in [2.05, 4.69) is 15.9 Å². The van der Waals surface area contributed by atoms with Crippen molar-refractivity contribution >= 4 is 35.8 Å². The highest BCUT2D eigenvalue weighted by Crippen LogP contribution is 2.23. The first-order valence-electron chi connectivity index (χ1n) is 6.20. The van der Waals surface area contributed by atoms with E-state index in [4.69, 9.17) is 0 Å². The number of hydrogen-bond donors (Lipinski definition) is 0. The van der Waals surface area contributed by atoms with Gasteiger partial charge in [0, 0.05) is 24.7 Å². The van der Waals surface area contributed by atoms with Crippen LogP contribution >= 0.6 is 15.9 Å². The van der Waals surface area contributed by atoms with Gasteiger partial charge in [-0.2, -0.15) is 4.31 Å².